The summed E-state index contributed by atoms with van der Waals surface area (Å²) in [5, 5.41) is 12.8. The molecule has 4 rings (SSSR count). The van der Waals surface area contributed by atoms with E-state index in [1.54, 1.807) is 17.1 Å². The molecule has 4 heterocycles. The maximum absolute atomic E-state index is 4.81. The van der Waals surface area contributed by atoms with Crippen LogP contribution in [0, 0.1) is 0 Å². The fourth-order valence-corrected chi connectivity index (χ4v) is 3.13. The number of anilines is 1. The van der Waals surface area contributed by atoms with Crippen LogP contribution < -0.4 is 4.90 Å². The number of hydrogen-bond acceptors (Lipinski definition) is 6. The minimum Gasteiger partial charge on any atom is -0.353 e. The molecule has 4 aromatic heterocycles. The zero-order valence-corrected chi connectivity index (χ0v) is 15.7. The van der Waals surface area contributed by atoms with E-state index >= 15 is 0 Å². The van der Waals surface area contributed by atoms with E-state index in [0.717, 1.165) is 46.6 Å². The summed E-state index contributed by atoms with van der Waals surface area (Å²) < 4.78 is 1.77. The Kier molecular flexibility index (Phi) is 4.53. The molecule has 0 aliphatic carbocycles. The third-order valence-electron chi connectivity index (χ3n) is 4.45. The maximum atomic E-state index is 4.81. The molecule has 0 spiro atoms. The van der Waals surface area contributed by atoms with Crippen LogP contribution in [0.3, 0.4) is 0 Å². The average Bonchev–Trinajstić information content (AvgIpc) is 3.29. The summed E-state index contributed by atoms with van der Waals surface area (Å²) in [6.45, 7) is 2.82. The Bertz CT molecular complexity index is 1050. The number of hydrogen-bond donors (Lipinski definition) is 1. The highest BCUT2D eigenvalue weighted by Crippen LogP contribution is 2.27. The fourth-order valence-electron chi connectivity index (χ4n) is 3.13. The second kappa shape index (κ2) is 7.14. The molecule has 4 aromatic rings. The van der Waals surface area contributed by atoms with E-state index in [1.807, 2.05) is 32.4 Å². The van der Waals surface area contributed by atoms with Crippen LogP contribution in [-0.4, -0.2) is 42.0 Å². The lowest BCUT2D eigenvalue weighted by atomic mass is 10.2. The van der Waals surface area contributed by atoms with E-state index in [0.29, 0.717) is 12.4 Å². The summed E-state index contributed by atoms with van der Waals surface area (Å²) in [6.07, 6.45) is 7.38. The van der Waals surface area contributed by atoms with Crippen molar-refractivity contribution in [2.24, 2.45) is 7.05 Å². The Balaban J connectivity index is 1.72. The standard InChI is InChI=1S/C19H22N8/c1-4-6-14-9-15(25-24-14)12-26(2)18-16-11-21-27(3)19(16)23-17(22-18)13-7-5-8-20-10-13/h5,7-11H,4,6,12H2,1-3H3,(H,24,25). The van der Waals surface area contributed by atoms with Crippen LogP contribution in [0.1, 0.15) is 24.7 Å². The van der Waals surface area contributed by atoms with Crippen molar-refractivity contribution >= 4 is 16.9 Å². The number of aromatic amines is 1. The van der Waals surface area contributed by atoms with Crippen LogP contribution >= 0.6 is 0 Å². The number of rotatable bonds is 6. The molecule has 27 heavy (non-hydrogen) atoms. The van der Waals surface area contributed by atoms with Crippen LogP contribution in [0.4, 0.5) is 5.82 Å². The summed E-state index contributed by atoms with van der Waals surface area (Å²) in [4.78, 5) is 15.8. The van der Waals surface area contributed by atoms with E-state index in [2.05, 4.69) is 43.2 Å². The fraction of sp³-hybridized carbons (Fsp3) is 0.316. The van der Waals surface area contributed by atoms with Gasteiger partial charge in [-0.3, -0.25) is 14.8 Å². The predicted molar refractivity (Wildman–Crippen MR) is 104 cm³/mol. The van der Waals surface area contributed by atoms with E-state index in [-0.39, 0.29) is 0 Å². The summed E-state index contributed by atoms with van der Waals surface area (Å²) >= 11 is 0. The summed E-state index contributed by atoms with van der Waals surface area (Å²) in [6, 6.07) is 5.96. The number of aryl methyl sites for hydroxylation is 2. The molecule has 8 nitrogen and oxygen atoms in total. The summed E-state index contributed by atoms with van der Waals surface area (Å²) in [5.41, 5.74) is 3.81. The van der Waals surface area contributed by atoms with Gasteiger partial charge in [0.15, 0.2) is 11.5 Å². The Hall–Kier alpha value is -3.29. The number of nitrogens with zero attached hydrogens (tertiary/aromatic N) is 7. The van der Waals surface area contributed by atoms with Crippen molar-refractivity contribution in [3.05, 3.63) is 48.2 Å². The van der Waals surface area contributed by atoms with Gasteiger partial charge in [0.25, 0.3) is 0 Å². The van der Waals surface area contributed by atoms with Gasteiger partial charge < -0.3 is 4.90 Å². The monoisotopic (exact) mass is 362 g/mol. The SMILES string of the molecule is CCCc1cc(CN(C)c2nc(-c3cccnc3)nc3c2cnn3C)[nH]n1. The van der Waals surface area contributed by atoms with Crippen molar-refractivity contribution in [2.45, 2.75) is 26.3 Å². The first-order chi connectivity index (χ1) is 13.2. The Morgan fingerprint density at radius 1 is 1.22 bits per heavy atom. The molecule has 0 unspecified atom stereocenters. The third-order valence-corrected chi connectivity index (χ3v) is 4.45. The Labute approximate surface area is 157 Å². The topological polar surface area (TPSA) is 88.4 Å². The maximum Gasteiger partial charge on any atom is 0.165 e. The summed E-state index contributed by atoms with van der Waals surface area (Å²) in [7, 11) is 3.90. The molecule has 0 fully saturated rings. The van der Waals surface area contributed by atoms with Gasteiger partial charge in [-0.25, -0.2) is 9.97 Å². The van der Waals surface area contributed by atoms with Gasteiger partial charge in [-0.05, 0) is 24.6 Å². The van der Waals surface area contributed by atoms with E-state index in [4.69, 9.17) is 4.98 Å². The van der Waals surface area contributed by atoms with Crippen LogP contribution in [0.25, 0.3) is 22.4 Å². The van der Waals surface area contributed by atoms with Crippen molar-refractivity contribution in [1.82, 2.24) is 34.9 Å². The minimum atomic E-state index is 0.636. The van der Waals surface area contributed by atoms with Gasteiger partial charge in [-0.15, -0.1) is 0 Å². The zero-order valence-electron chi connectivity index (χ0n) is 15.7. The molecule has 0 aliphatic heterocycles. The lowest BCUT2D eigenvalue weighted by Gasteiger charge is -2.18. The van der Waals surface area contributed by atoms with Crippen molar-refractivity contribution in [2.75, 3.05) is 11.9 Å². The highest BCUT2D eigenvalue weighted by atomic mass is 15.3. The molecule has 8 heteroatoms. The van der Waals surface area contributed by atoms with Gasteiger partial charge in [-0.2, -0.15) is 10.2 Å². The van der Waals surface area contributed by atoms with Crippen molar-refractivity contribution in [1.29, 1.82) is 0 Å². The molecule has 0 amide bonds. The largest absolute Gasteiger partial charge is 0.353 e. The second-order valence-corrected chi connectivity index (χ2v) is 6.61. The van der Waals surface area contributed by atoms with Gasteiger partial charge in [-0.1, -0.05) is 13.3 Å². The number of aromatic nitrogens is 7. The van der Waals surface area contributed by atoms with Gasteiger partial charge in [0.1, 0.15) is 5.82 Å². The first-order valence-electron chi connectivity index (χ1n) is 9.00. The molecular formula is C19H22N8. The van der Waals surface area contributed by atoms with Crippen LogP contribution in [0.5, 0.6) is 0 Å². The lowest BCUT2D eigenvalue weighted by Crippen LogP contribution is -2.19. The first kappa shape index (κ1) is 17.1. The third kappa shape index (κ3) is 3.38. The predicted octanol–water partition coefficient (Wildman–Crippen LogP) is 2.74. The second-order valence-electron chi connectivity index (χ2n) is 6.61. The van der Waals surface area contributed by atoms with Gasteiger partial charge >= 0.3 is 0 Å². The molecule has 1 N–H and O–H groups in total. The van der Waals surface area contributed by atoms with Crippen LogP contribution in [0.15, 0.2) is 36.8 Å². The molecule has 0 aliphatic rings. The number of nitrogens with one attached hydrogen (secondary N) is 1. The quantitative estimate of drug-likeness (QED) is 0.567. The van der Waals surface area contributed by atoms with E-state index < -0.39 is 0 Å². The number of fused-ring (bicyclic) bond motifs is 1. The number of H-pyrrole nitrogens is 1. The molecule has 0 aromatic carbocycles. The van der Waals surface area contributed by atoms with Crippen molar-refractivity contribution < 1.29 is 0 Å². The molecule has 0 bridgehead atoms. The van der Waals surface area contributed by atoms with Gasteiger partial charge in [0, 0.05) is 32.1 Å². The molecule has 0 atom stereocenters. The van der Waals surface area contributed by atoms with Crippen molar-refractivity contribution in [3.63, 3.8) is 0 Å². The zero-order chi connectivity index (χ0) is 18.8. The van der Waals surface area contributed by atoms with Gasteiger partial charge in [0.2, 0.25) is 0 Å². The molecule has 0 radical (unpaired) electrons. The Morgan fingerprint density at radius 2 is 2.11 bits per heavy atom. The molecule has 0 saturated heterocycles. The van der Waals surface area contributed by atoms with Crippen LogP contribution in [-0.2, 0) is 20.0 Å². The minimum absolute atomic E-state index is 0.636. The van der Waals surface area contributed by atoms with E-state index in [9.17, 15) is 0 Å². The first-order valence-corrected chi connectivity index (χ1v) is 9.00. The molecular weight excluding hydrogens is 340 g/mol. The van der Waals surface area contributed by atoms with Crippen LogP contribution in [0.2, 0.25) is 0 Å². The average molecular weight is 362 g/mol. The smallest absolute Gasteiger partial charge is 0.165 e. The normalized spacial score (nSPS) is 11.2. The number of pyridine rings is 1. The lowest BCUT2D eigenvalue weighted by molar-refractivity contribution is 0.785. The van der Waals surface area contributed by atoms with Crippen molar-refractivity contribution in [3.8, 4) is 11.4 Å². The summed E-state index contributed by atoms with van der Waals surface area (Å²) in [5.74, 6) is 1.47. The van der Waals surface area contributed by atoms with Gasteiger partial charge in [0.05, 0.1) is 29.5 Å². The highest BCUT2D eigenvalue weighted by molar-refractivity contribution is 5.88. The molecule has 138 valence electrons. The molecule has 0 saturated carbocycles. The Morgan fingerprint density at radius 3 is 2.89 bits per heavy atom. The highest BCUT2D eigenvalue weighted by Gasteiger charge is 2.17. The van der Waals surface area contributed by atoms with E-state index in [1.165, 1.54) is 0 Å².